The van der Waals surface area contributed by atoms with Crippen molar-refractivity contribution in [3.05, 3.63) is 69.5 Å². The topological polar surface area (TPSA) is 70.4 Å². The van der Waals surface area contributed by atoms with Crippen LogP contribution in [0.4, 0.5) is 0 Å². The lowest BCUT2D eigenvalue weighted by molar-refractivity contribution is 0.0744. The van der Waals surface area contributed by atoms with Crippen molar-refractivity contribution in [2.45, 2.75) is 45.4 Å². The third kappa shape index (κ3) is 6.11. The summed E-state index contributed by atoms with van der Waals surface area (Å²) in [6, 6.07) is 13.1. The Morgan fingerprint density at radius 3 is 2.53 bits per heavy atom. The minimum Gasteiger partial charge on any atom is -0.396 e. The number of benzene rings is 2. The molecule has 0 radical (unpaired) electrons. The number of hydrogen-bond acceptors (Lipinski definition) is 4. The van der Waals surface area contributed by atoms with E-state index >= 15 is 0 Å². The van der Waals surface area contributed by atoms with E-state index in [0.717, 1.165) is 42.9 Å². The maximum Gasteiger partial charge on any atom is 0.286 e. The van der Waals surface area contributed by atoms with Gasteiger partial charge in [-0.05, 0) is 68.1 Å². The molecular formula is C28H30Cl2N4O2. The van der Waals surface area contributed by atoms with E-state index in [1.54, 1.807) is 12.1 Å². The fraction of sp³-hybridized carbons (Fsp3) is 0.357. The summed E-state index contributed by atoms with van der Waals surface area (Å²) in [5.41, 5.74) is 6.67. The number of aliphatic hydroxyl groups excluding tert-OH is 1. The number of imidazole rings is 1. The Balaban J connectivity index is 1.76. The van der Waals surface area contributed by atoms with Crippen molar-refractivity contribution in [3.8, 4) is 28.9 Å². The van der Waals surface area contributed by atoms with Crippen LogP contribution < -0.4 is 5.43 Å². The number of unbranched alkanes of at least 4 members (excludes halogenated alkanes) is 1. The van der Waals surface area contributed by atoms with Gasteiger partial charge >= 0.3 is 0 Å². The van der Waals surface area contributed by atoms with Crippen LogP contribution in [0.1, 0.15) is 60.8 Å². The van der Waals surface area contributed by atoms with Crippen molar-refractivity contribution in [1.29, 1.82) is 0 Å². The van der Waals surface area contributed by atoms with Crippen LogP contribution in [-0.4, -0.2) is 45.3 Å². The molecule has 3 aromatic rings. The van der Waals surface area contributed by atoms with E-state index in [0.29, 0.717) is 46.4 Å². The molecule has 4 rings (SSSR count). The van der Waals surface area contributed by atoms with Crippen molar-refractivity contribution in [2.75, 3.05) is 19.7 Å². The van der Waals surface area contributed by atoms with Gasteiger partial charge in [0.25, 0.3) is 5.91 Å². The zero-order valence-electron chi connectivity index (χ0n) is 20.4. The quantitative estimate of drug-likeness (QED) is 0.309. The van der Waals surface area contributed by atoms with Gasteiger partial charge in [-0.2, -0.15) is 0 Å². The molecule has 0 aliphatic carbocycles. The number of nitrogens with zero attached hydrogens (tertiary/aromatic N) is 3. The molecule has 0 unspecified atom stereocenters. The van der Waals surface area contributed by atoms with E-state index in [9.17, 15) is 4.79 Å². The second-order valence-corrected chi connectivity index (χ2v) is 9.55. The predicted molar refractivity (Wildman–Crippen MR) is 144 cm³/mol. The van der Waals surface area contributed by atoms with Crippen LogP contribution in [0.3, 0.4) is 0 Å². The average molecular weight is 525 g/mol. The number of aromatic nitrogens is 2. The first kappa shape index (κ1) is 26.2. The number of piperidine rings is 1. The number of amides is 1. The molecule has 36 heavy (non-hydrogen) atoms. The number of aliphatic hydroxyl groups is 1. The molecule has 188 valence electrons. The number of hydrazine groups is 1. The zero-order valence-corrected chi connectivity index (χ0v) is 21.9. The smallest absolute Gasteiger partial charge is 0.286 e. The molecule has 0 spiro atoms. The van der Waals surface area contributed by atoms with Crippen LogP contribution >= 0.6 is 23.2 Å². The highest BCUT2D eigenvalue weighted by molar-refractivity contribution is 6.36. The Hall–Kier alpha value is -2.82. The standard InChI is InChI=1S/C28H30Cl2N4O2/c1-2-25-26(28(36)32-33-16-6-4-7-17-33)31-27(23-15-12-21(29)19-24(23)30)34(25)22-13-10-20(11-14-22)9-5-3-8-18-35/h10-15,19,35H,2-4,6-8,16-18H2,1H3,(H,32,36). The van der Waals surface area contributed by atoms with Crippen LogP contribution in [0.2, 0.25) is 10.0 Å². The van der Waals surface area contributed by atoms with Gasteiger partial charge in [0, 0.05) is 48.0 Å². The van der Waals surface area contributed by atoms with Gasteiger partial charge in [-0.3, -0.25) is 14.8 Å². The maximum absolute atomic E-state index is 13.4. The van der Waals surface area contributed by atoms with E-state index in [4.69, 9.17) is 33.3 Å². The second kappa shape index (κ2) is 12.4. The normalized spacial score (nSPS) is 13.8. The SMILES string of the molecule is CCc1c(C(=O)NN2CCCCC2)nc(-c2ccc(Cl)cc2Cl)n1-c1ccc(C#CCCCO)cc1. The van der Waals surface area contributed by atoms with Gasteiger partial charge in [-0.25, -0.2) is 9.99 Å². The molecule has 1 amide bonds. The number of hydrogen-bond donors (Lipinski definition) is 2. The lowest BCUT2D eigenvalue weighted by Gasteiger charge is -2.26. The summed E-state index contributed by atoms with van der Waals surface area (Å²) in [7, 11) is 0. The monoisotopic (exact) mass is 524 g/mol. The molecule has 2 heterocycles. The van der Waals surface area contributed by atoms with E-state index in [-0.39, 0.29) is 12.5 Å². The highest BCUT2D eigenvalue weighted by Gasteiger charge is 2.26. The molecule has 1 saturated heterocycles. The Kier molecular flexibility index (Phi) is 9.06. The lowest BCUT2D eigenvalue weighted by atomic mass is 10.1. The van der Waals surface area contributed by atoms with Gasteiger partial charge < -0.3 is 5.11 Å². The Morgan fingerprint density at radius 2 is 1.86 bits per heavy atom. The minimum absolute atomic E-state index is 0.137. The third-order valence-electron chi connectivity index (χ3n) is 6.13. The van der Waals surface area contributed by atoms with Crippen LogP contribution in [0.15, 0.2) is 42.5 Å². The van der Waals surface area contributed by atoms with Crippen LogP contribution in [-0.2, 0) is 6.42 Å². The molecule has 6 nitrogen and oxygen atoms in total. The van der Waals surface area contributed by atoms with E-state index < -0.39 is 0 Å². The highest BCUT2D eigenvalue weighted by Crippen LogP contribution is 2.33. The zero-order chi connectivity index (χ0) is 25.5. The number of carbonyl (C=O) groups is 1. The van der Waals surface area contributed by atoms with Crippen molar-refractivity contribution >= 4 is 29.1 Å². The van der Waals surface area contributed by atoms with E-state index in [1.165, 1.54) is 6.42 Å². The summed E-state index contributed by atoms with van der Waals surface area (Å²) < 4.78 is 1.99. The Labute approximate surface area is 222 Å². The predicted octanol–water partition coefficient (Wildman–Crippen LogP) is 5.66. The molecule has 1 aliphatic rings. The Morgan fingerprint density at radius 1 is 1.11 bits per heavy atom. The molecule has 1 aromatic heterocycles. The second-order valence-electron chi connectivity index (χ2n) is 8.71. The van der Waals surface area contributed by atoms with Crippen LogP contribution in [0.25, 0.3) is 17.1 Å². The first-order chi connectivity index (χ1) is 17.5. The third-order valence-corrected chi connectivity index (χ3v) is 6.68. The van der Waals surface area contributed by atoms with Crippen LogP contribution in [0, 0.1) is 11.8 Å². The van der Waals surface area contributed by atoms with Gasteiger partial charge in [-0.15, -0.1) is 0 Å². The number of carbonyl (C=O) groups excluding carboxylic acids is 1. The molecule has 0 bridgehead atoms. The summed E-state index contributed by atoms with van der Waals surface area (Å²) in [6.07, 6.45) is 5.22. The van der Waals surface area contributed by atoms with Crippen molar-refractivity contribution in [2.24, 2.45) is 0 Å². The highest BCUT2D eigenvalue weighted by atomic mass is 35.5. The lowest BCUT2D eigenvalue weighted by Crippen LogP contribution is -2.45. The molecule has 0 atom stereocenters. The van der Waals surface area contributed by atoms with E-state index in [2.05, 4.69) is 17.3 Å². The summed E-state index contributed by atoms with van der Waals surface area (Å²) >= 11 is 12.7. The molecule has 0 saturated carbocycles. The van der Waals surface area contributed by atoms with Gasteiger partial charge in [0.05, 0.1) is 10.7 Å². The minimum atomic E-state index is -0.217. The maximum atomic E-state index is 13.4. The van der Waals surface area contributed by atoms with Crippen molar-refractivity contribution in [3.63, 3.8) is 0 Å². The van der Waals surface area contributed by atoms with E-state index in [1.807, 2.05) is 46.8 Å². The molecule has 1 fully saturated rings. The molecule has 8 heteroatoms. The summed E-state index contributed by atoms with van der Waals surface area (Å²) in [5, 5.41) is 11.9. The van der Waals surface area contributed by atoms with Gasteiger partial charge in [0.2, 0.25) is 0 Å². The largest absolute Gasteiger partial charge is 0.396 e. The van der Waals surface area contributed by atoms with Crippen LogP contribution in [0.5, 0.6) is 0 Å². The average Bonchev–Trinajstić information content (AvgIpc) is 3.27. The number of rotatable bonds is 7. The fourth-order valence-electron chi connectivity index (χ4n) is 4.32. The molecule has 2 N–H and O–H groups in total. The van der Waals surface area contributed by atoms with Gasteiger partial charge in [0.15, 0.2) is 5.69 Å². The summed E-state index contributed by atoms with van der Waals surface area (Å²) in [4.78, 5) is 18.2. The van der Waals surface area contributed by atoms with Gasteiger partial charge in [0.1, 0.15) is 5.82 Å². The van der Waals surface area contributed by atoms with Crippen molar-refractivity contribution < 1.29 is 9.90 Å². The number of nitrogens with one attached hydrogen (secondary N) is 1. The molecule has 2 aromatic carbocycles. The molecule has 1 aliphatic heterocycles. The summed E-state index contributed by atoms with van der Waals surface area (Å²) in [6.45, 7) is 3.83. The Bertz CT molecular complexity index is 1270. The first-order valence-electron chi connectivity index (χ1n) is 12.3. The summed E-state index contributed by atoms with van der Waals surface area (Å²) in [5.74, 6) is 6.57. The fourth-order valence-corrected chi connectivity index (χ4v) is 4.81. The number of halogens is 2. The molecular weight excluding hydrogens is 495 g/mol. The first-order valence-corrected chi connectivity index (χ1v) is 13.1. The van der Waals surface area contributed by atoms with Gasteiger partial charge in [-0.1, -0.05) is 48.4 Å². The van der Waals surface area contributed by atoms with Crippen molar-refractivity contribution in [1.82, 2.24) is 20.0 Å².